The van der Waals surface area contributed by atoms with E-state index >= 15 is 0 Å². The molecule has 1 N–H and O–H groups in total. The van der Waals surface area contributed by atoms with Gasteiger partial charge in [-0.2, -0.15) is 0 Å². The number of nitrogens with one attached hydrogen (secondary N) is 1. The molecule has 1 saturated heterocycles. The zero-order chi connectivity index (χ0) is 12.3. The molecule has 1 aromatic rings. The minimum atomic E-state index is -0.00676. The van der Waals surface area contributed by atoms with Gasteiger partial charge in [0.15, 0.2) is 0 Å². The number of aromatic nitrogens is 1. The Hall–Kier alpha value is -1.62. The Kier molecular flexibility index (Phi) is 3.58. The van der Waals surface area contributed by atoms with Crippen molar-refractivity contribution < 1.29 is 9.53 Å². The number of nitrogens with zero attached hydrogens (tertiary/aromatic N) is 2. The predicted molar refractivity (Wildman–Crippen MR) is 64.2 cm³/mol. The van der Waals surface area contributed by atoms with Gasteiger partial charge in [-0.25, -0.2) is 4.98 Å². The molecule has 1 atom stereocenters. The first-order valence-corrected chi connectivity index (χ1v) is 5.71. The van der Waals surface area contributed by atoms with Gasteiger partial charge in [-0.05, 0) is 25.6 Å². The number of pyridine rings is 1. The summed E-state index contributed by atoms with van der Waals surface area (Å²) in [5, 5.41) is 3.19. The molecule has 1 aromatic heterocycles. The third-order valence-corrected chi connectivity index (χ3v) is 3.08. The molecule has 1 unspecified atom stereocenters. The molecule has 92 valence electrons. The SMILES string of the molecule is CNC1CCN(C(=O)c2cccnc2OC)C1. The minimum Gasteiger partial charge on any atom is -0.480 e. The van der Waals surface area contributed by atoms with Gasteiger partial charge in [0.1, 0.15) is 5.56 Å². The second-order valence-corrected chi connectivity index (χ2v) is 4.09. The molecule has 17 heavy (non-hydrogen) atoms. The van der Waals surface area contributed by atoms with E-state index in [-0.39, 0.29) is 5.91 Å². The smallest absolute Gasteiger partial charge is 0.259 e. The molecular weight excluding hydrogens is 218 g/mol. The van der Waals surface area contributed by atoms with Gasteiger partial charge in [0.2, 0.25) is 5.88 Å². The summed E-state index contributed by atoms with van der Waals surface area (Å²) in [4.78, 5) is 18.1. The number of likely N-dealkylation sites (N-methyl/N-ethyl adjacent to an activating group) is 1. The fraction of sp³-hybridized carbons (Fsp3) is 0.500. The Balaban J connectivity index is 2.15. The summed E-state index contributed by atoms with van der Waals surface area (Å²) in [6.45, 7) is 1.52. The second-order valence-electron chi connectivity index (χ2n) is 4.09. The molecule has 2 heterocycles. The fourth-order valence-electron chi connectivity index (χ4n) is 2.07. The van der Waals surface area contributed by atoms with Crippen molar-refractivity contribution in [2.24, 2.45) is 0 Å². The van der Waals surface area contributed by atoms with Gasteiger partial charge < -0.3 is 15.0 Å². The number of amides is 1. The van der Waals surface area contributed by atoms with Crippen LogP contribution in [0.5, 0.6) is 5.88 Å². The van der Waals surface area contributed by atoms with Gasteiger partial charge in [-0.15, -0.1) is 0 Å². The first-order chi connectivity index (χ1) is 8.26. The normalized spacial score (nSPS) is 19.4. The molecule has 0 aromatic carbocycles. The Morgan fingerprint density at radius 3 is 3.12 bits per heavy atom. The maximum atomic E-state index is 12.3. The van der Waals surface area contributed by atoms with Crippen LogP contribution >= 0.6 is 0 Å². The Morgan fingerprint density at radius 1 is 1.65 bits per heavy atom. The average molecular weight is 235 g/mol. The van der Waals surface area contributed by atoms with E-state index in [1.54, 1.807) is 18.3 Å². The fourth-order valence-corrected chi connectivity index (χ4v) is 2.07. The average Bonchev–Trinajstić information content (AvgIpc) is 2.86. The van der Waals surface area contributed by atoms with Crippen LogP contribution in [0.15, 0.2) is 18.3 Å². The number of ether oxygens (including phenoxy) is 1. The van der Waals surface area contributed by atoms with Crippen LogP contribution in [-0.4, -0.2) is 49.1 Å². The number of carbonyl (C=O) groups is 1. The number of rotatable bonds is 3. The highest BCUT2D eigenvalue weighted by molar-refractivity contribution is 5.96. The molecule has 1 aliphatic heterocycles. The monoisotopic (exact) mass is 235 g/mol. The highest BCUT2D eigenvalue weighted by Gasteiger charge is 2.27. The molecule has 1 aliphatic rings. The van der Waals surface area contributed by atoms with Crippen molar-refractivity contribution in [2.75, 3.05) is 27.2 Å². The van der Waals surface area contributed by atoms with Gasteiger partial charge in [0.25, 0.3) is 5.91 Å². The zero-order valence-electron chi connectivity index (χ0n) is 10.1. The summed E-state index contributed by atoms with van der Waals surface area (Å²) < 4.78 is 5.10. The molecule has 2 rings (SSSR count). The number of carbonyl (C=O) groups excluding carboxylic acids is 1. The molecule has 0 bridgehead atoms. The summed E-state index contributed by atoms with van der Waals surface area (Å²) in [5.74, 6) is 0.387. The summed E-state index contributed by atoms with van der Waals surface area (Å²) in [6, 6.07) is 3.89. The van der Waals surface area contributed by atoms with E-state index in [1.807, 2.05) is 11.9 Å². The number of likely N-dealkylation sites (tertiary alicyclic amines) is 1. The van der Waals surface area contributed by atoms with E-state index in [1.165, 1.54) is 7.11 Å². The lowest BCUT2D eigenvalue weighted by atomic mass is 10.2. The lowest BCUT2D eigenvalue weighted by molar-refractivity contribution is 0.0785. The highest BCUT2D eigenvalue weighted by atomic mass is 16.5. The van der Waals surface area contributed by atoms with Crippen molar-refractivity contribution in [1.82, 2.24) is 15.2 Å². The van der Waals surface area contributed by atoms with Crippen molar-refractivity contribution in [3.8, 4) is 5.88 Å². The first kappa shape index (κ1) is 11.9. The van der Waals surface area contributed by atoms with Crippen molar-refractivity contribution >= 4 is 5.91 Å². The van der Waals surface area contributed by atoms with Crippen molar-refractivity contribution in [1.29, 1.82) is 0 Å². The minimum absolute atomic E-state index is 0.00676. The molecule has 1 amide bonds. The quantitative estimate of drug-likeness (QED) is 0.830. The van der Waals surface area contributed by atoms with Crippen molar-refractivity contribution in [3.05, 3.63) is 23.9 Å². The number of methoxy groups -OCH3 is 1. The third-order valence-electron chi connectivity index (χ3n) is 3.08. The second kappa shape index (κ2) is 5.14. The van der Waals surface area contributed by atoms with E-state index in [4.69, 9.17) is 4.74 Å². The van der Waals surface area contributed by atoms with Gasteiger partial charge >= 0.3 is 0 Å². The van der Waals surface area contributed by atoms with Crippen LogP contribution < -0.4 is 10.1 Å². The van der Waals surface area contributed by atoms with E-state index in [2.05, 4.69) is 10.3 Å². The zero-order valence-corrected chi connectivity index (χ0v) is 10.1. The molecule has 0 spiro atoms. The first-order valence-electron chi connectivity index (χ1n) is 5.71. The van der Waals surface area contributed by atoms with E-state index < -0.39 is 0 Å². The largest absolute Gasteiger partial charge is 0.480 e. The standard InChI is InChI=1S/C12H17N3O2/c1-13-9-5-7-15(8-9)12(16)10-4-3-6-14-11(10)17-2/h3-4,6,9,13H,5,7-8H2,1-2H3. The summed E-state index contributed by atoms with van der Waals surface area (Å²) in [6.07, 6.45) is 2.61. The maximum Gasteiger partial charge on any atom is 0.259 e. The van der Waals surface area contributed by atoms with Gasteiger partial charge in [-0.1, -0.05) is 0 Å². The molecular formula is C12H17N3O2. The number of hydrogen-bond donors (Lipinski definition) is 1. The van der Waals surface area contributed by atoms with Crippen LogP contribution in [0.25, 0.3) is 0 Å². The summed E-state index contributed by atoms with van der Waals surface area (Å²) in [7, 11) is 3.45. The Labute approximate surface area is 101 Å². The van der Waals surface area contributed by atoms with E-state index in [9.17, 15) is 4.79 Å². The Morgan fingerprint density at radius 2 is 2.47 bits per heavy atom. The molecule has 1 fully saturated rings. The van der Waals surface area contributed by atoms with Crippen molar-refractivity contribution in [3.63, 3.8) is 0 Å². The summed E-state index contributed by atoms with van der Waals surface area (Å²) in [5.41, 5.74) is 0.534. The predicted octanol–water partition coefficient (Wildman–Crippen LogP) is 0.524. The van der Waals surface area contributed by atoms with Gasteiger partial charge in [0.05, 0.1) is 7.11 Å². The molecule has 0 saturated carbocycles. The molecule has 0 radical (unpaired) electrons. The molecule has 5 nitrogen and oxygen atoms in total. The van der Waals surface area contributed by atoms with Crippen LogP contribution in [0.4, 0.5) is 0 Å². The highest BCUT2D eigenvalue weighted by Crippen LogP contribution is 2.19. The van der Waals surface area contributed by atoms with Crippen LogP contribution in [0.1, 0.15) is 16.8 Å². The van der Waals surface area contributed by atoms with Gasteiger partial charge in [0, 0.05) is 25.3 Å². The van der Waals surface area contributed by atoms with E-state index in [0.29, 0.717) is 17.5 Å². The Bertz CT molecular complexity index is 408. The topological polar surface area (TPSA) is 54.5 Å². The molecule has 0 aliphatic carbocycles. The lowest BCUT2D eigenvalue weighted by Gasteiger charge is -2.17. The number of hydrogen-bond acceptors (Lipinski definition) is 4. The third kappa shape index (κ3) is 2.39. The van der Waals surface area contributed by atoms with Gasteiger partial charge in [-0.3, -0.25) is 4.79 Å². The van der Waals surface area contributed by atoms with Crippen LogP contribution in [0, 0.1) is 0 Å². The molecule has 5 heteroatoms. The van der Waals surface area contributed by atoms with Crippen molar-refractivity contribution in [2.45, 2.75) is 12.5 Å². The lowest BCUT2D eigenvalue weighted by Crippen LogP contribution is -2.33. The van der Waals surface area contributed by atoms with E-state index in [0.717, 1.165) is 19.5 Å². The summed E-state index contributed by atoms with van der Waals surface area (Å²) >= 11 is 0. The van der Waals surface area contributed by atoms with Crippen LogP contribution in [0.3, 0.4) is 0 Å². The maximum absolute atomic E-state index is 12.3. The van der Waals surface area contributed by atoms with Crippen LogP contribution in [-0.2, 0) is 0 Å². The van der Waals surface area contributed by atoms with Crippen LogP contribution in [0.2, 0.25) is 0 Å².